The van der Waals surface area contributed by atoms with Crippen molar-refractivity contribution < 1.29 is 13.9 Å². The van der Waals surface area contributed by atoms with Gasteiger partial charge in [-0.1, -0.05) is 0 Å². The van der Waals surface area contributed by atoms with Crippen molar-refractivity contribution in [2.45, 2.75) is 56.9 Å². The van der Waals surface area contributed by atoms with E-state index in [2.05, 4.69) is 38.7 Å². The number of hydrogen-bond donors (Lipinski definition) is 2. The average molecular weight is 394 g/mol. The molecule has 28 heavy (non-hydrogen) atoms. The maximum absolute atomic E-state index is 13.0. The number of aromatic nitrogens is 2. The molecule has 0 aromatic carbocycles. The van der Waals surface area contributed by atoms with Crippen LogP contribution in [0.25, 0.3) is 0 Å². The van der Waals surface area contributed by atoms with Crippen LogP contribution in [-0.2, 0) is 9.47 Å². The summed E-state index contributed by atoms with van der Waals surface area (Å²) in [6.45, 7) is 4.03. The summed E-state index contributed by atoms with van der Waals surface area (Å²) in [4.78, 5) is 11.2. The van der Waals surface area contributed by atoms with Gasteiger partial charge in [-0.2, -0.15) is 0 Å². The molecule has 2 N–H and O–H groups in total. The maximum atomic E-state index is 13.0. The standard InChI is InChI=1S/C20H32FN5O2/c1-13(11-27-2)28-15-3-4-17-16(7-15)20(25-24-17)18-8-19(23-12-22-18)26-6-5-14(9-21)10-26/h8,12-17,20,24-25H,3-7,9-11H2,1-2H3/t13-,14-,15?,16?,17?,20?/m0/s1. The van der Waals surface area contributed by atoms with Gasteiger partial charge in [-0.25, -0.2) is 15.4 Å². The van der Waals surface area contributed by atoms with E-state index in [1.54, 1.807) is 13.4 Å². The normalized spacial score (nSPS) is 33.8. The maximum Gasteiger partial charge on any atom is 0.132 e. The number of hydrogen-bond acceptors (Lipinski definition) is 7. The van der Waals surface area contributed by atoms with Gasteiger partial charge in [0.05, 0.1) is 37.2 Å². The quantitative estimate of drug-likeness (QED) is 0.734. The molecule has 1 saturated carbocycles. The van der Waals surface area contributed by atoms with E-state index in [4.69, 9.17) is 9.47 Å². The molecule has 1 aromatic heterocycles. The number of nitrogens with zero attached hydrogens (tertiary/aromatic N) is 3. The van der Waals surface area contributed by atoms with Crippen LogP contribution < -0.4 is 15.8 Å². The zero-order chi connectivity index (χ0) is 19.5. The molecule has 156 valence electrons. The first-order valence-electron chi connectivity index (χ1n) is 10.5. The first-order valence-corrected chi connectivity index (χ1v) is 10.5. The van der Waals surface area contributed by atoms with Crippen LogP contribution in [0.1, 0.15) is 44.3 Å². The van der Waals surface area contributed by atoms with Gasteiger partial charge in [0.15, 0.2) is 0 Å². The summed E-state index contributed by atoms with van der Waals surface area (Å²) in [5.41, 5.74) is 7.91. The van der Waals surface area contributed by atoms with Crippen LogP contribution in [0.3, 0.4) is 0 Å². The van der Waals surface area contributed by atoms with E-state index in [-0.39, 0.29) is 30.8 Å². The van der Waals surface area contributed by atoms with Crippen molar-refractivity contribution in [2.24, 2.45) is 11.8 Å². The lowest BCUT2D eigenvalue weighted by molar-refractivity contribution is -0.0623. The predicted molar refractivity (Wildman–Crippen MR) is 105 cm³/mol. The molecule has 0 radical (unpaired) electrons. The fourth-order valence-corrected chi connectivity index (χ4v) is 4.91. The molecular formula is C20H32FN5O2. The average Bonchev–Trinajstić information content (AvgIpc) is 3.35. The van der Waals surface area contributed by atoms with E-state index >= 15 is 0 Å². The van der Waals surface area contributed by atoms with Crippen LogP contribution in [-0.4, -0.2) is 61.7 Å². The number of ether oxygens (including phenoxy) is 2. The zero-order valence-electron chi connectivity index (χ0n) is 16.8. The highest BCUT2D eigenvalue weighted by molar-refractivity contribution is 5.41. The largest absolute Gasteiger partial charge is 0.382 e. The third-order valence-corrected chi connectivity index (χ3v) is 6.35. The summed E-state index contributed by atoms with van der Waals surface area (Å²) in [7, 11) is 1.71. The molecule has 8 heteroatoms. The summed E-state index contributed by atoms with van der Waals surface area (Å²) >= 11 is 0. The van der Waals surface area contributed by atoms with Crippen molar-refractivity contribution >= 4 is 5.82 Å². The molecular weight excluding hydrogens is 361 g/mol. The molecule has 1 aromatic rings. The lowest BCUT2D eigenvalue weighted by atomic mass is 9.79. The fraction of sp³-hybridized carbons (Fsp3) is 0.800. The molecule has 3 fully saturated rings. The number of hydrazine groups is 1. The molecule has 2 saturated heterocycles. The molecule has 0 spiro atoms. The van der Waals surface area contributed by atoms with Crippen molar-refractivity contribution in [3.05, 3.63) is 18.1 Å². The first kappa shape index (κ1) is 19.9. The van der Waals surface area contributed by atoms with Crippen LogP contribution in [0.5, 0.6) is 0 Å². The van der Waals surface area contributed by atoms with Gasteiger partial charge in [0.2, 0.25) is 0 Å². The van der Waals surface area contributed by atoms with Crippen molar-refractivity contribution in [3.63, 3.8) is 0 Å². The van der Waals surface area contributed by atoms with E-state index in [0.717, 1.165) is 50.3 Å². The lowest BCUT2D eigenvalue weighted by Crippen LogP contribution is -2.38. The van der Waals surface area contributed by atoms with Crippen molar-refractivity contribution in [3.8, 4) is 0 Å². The van der Waals surface area contributed by atoms with E-state index in [1.165, 1.54) is 0 Å². The van der Waals surface area contributed by atoms with E-state index in [9.17, 15) is 4.39 Å². The Labute approximate surface area is 166 Å². The minimum Gasteiger partial charge on any atom is -0.382 e. The smallest absolute Gasteiger partial charge is 0.132 e. The van der Waals surface area contributed by atoms with Gasteiger partial charge in [0, 0.05) is 44.1 Å². The molecule has 1 aliphatic carbocycles. The number of alkyl halides is 1. The zero-order valence-corrected chi connectivity index (χ0v) is 16.8. The summed E-state index contributed by atoms with van der Waals surface area (Å²) in [6.07, 6.45) is 6.03. The van der Waals surface area contributed by atoms with Crippen LogP contribution in [0.4, 0.5) is 10.2 Å². The van der Waals surface area contributed by atoms with E-state index in [0.29, 0.717) is 18.6 Å². The van der Waals surface area contributed by atoms with Gasteiger partial charge in [-0.3, -0.25) is 9.82 Å². The van der Waals surface area contributed by atoms with E-state index in [1.807, 2.05) is 0 Å². The Balaban J connectivity index is 1.43. The van der Waals surface area contributed by atoms with Crippen LogP contribution in [0.15, 0.2) is 12.4 Å². The van der Waals surface area contributed by atoms with Gasteiger partial charge in [0.1, 0.15) is 12.1 Å². The molecule has 0 amide bonds. The van der Waals surface area contributed by atoms with Crippen LogP contribution in [0.2, 0.25) is 0 Å². The number of halogens is 1. The second-order valence-corrected chi connectivity index (χ2v) is 8.43. The Morgan fingerprint density at radius 3 is 2.96 bits per heavy atom. The second kappa shape index (κ2) is 8.98. The van der Waals surface area contributed by atoms with Gasteiger partial charge in [-0.15, -0.1) is 0 Å². The molecule has 6 atom stereocenters. The SMILES string of the molecule is COC[C@H](C)OC1CCC2NNC(c3cc(N4CC[C@@H](CF)C4)ncn3)C2C1. The monoisotopic (exact) mass is 393 g/mol. The van der Waals surface area contributed by atoms with Gasteiger partial charge in [-0.05, 0) is 32.6 Å². The highest BCUT2D eigenvalue weighted by Gasteiger charge is 2.42. The first-order chi connectivity index (χ1) is 13.7. The molecule has 4 rings (SSSR count). The number of methoxy groups -OCH3 is 1. The van der Waals surface area contributed by atoms with Crippen LogP contribution in [0, 0.1) is 11.8 Å². The Kier molecular flexibility index (Phi) is 6.40. The third kappa shape index (κ3) is 4.30. The minimum absolute atomic E-state index is 0.108. The molecule has 3 aliphatic rings. The highest BCUT2D eigenvalue weighted by Crippen LogP contribution is 2.39. The number of rotatable bonds is 7. The van der Waals surface area contributed by atoms with Crippen LogP contribution >= 0.6 is 0 Å². The predicted octanol–water partition coefficient (Wildman–Crippen LogP) is 2.01. The summed E-state index contributed by atoms with van der Waals surface area (Å²) in [5.74, 6) is 1.45. The molecule has 7 nitrogen and oxygen atoms in total. The molecule has 0 bridgehead atoms. The lowest BCUT2D eigenvalue weighted by Gasteiger charge is -2.34. The minimum atomic E-state index is -0.255. The third-order valence-electron chi connectivity index (χ3n) is 6.35. The fourth-order valence-electron chi connectivity index (χ4n) is 4.91. The topological polar surface area (TPSA) is 71.5 Å². The van der Waals surface area contributed by atoms with Crippen molar-refractivity contribution in [1.29, 1.82) is 0 Å². The molecule has 2 aliphatic heterocycles. The Morgan fingerprint density at radius 2 is 2.18 bits per heavy atom. The molecule has 3 heterocycles. The Bertz CT molecular complexity index is 651. The van der Waals surface area contributed by atoms with Crippen molar-refractivity contribution in [1.82, 2.24) is 20.8 Å². The Hall–Kier alpha value is -1.35. The number of nitrogens with one attached hydrogen (secondary N) is 2. The summed E-state index contributed by atoms with van der Waals surface area (Å²) in [6, 6.07) is 2.64. The van der Waals surface area contributed by atoms with E-state index < -0.39 is 0 Å². The Morgan fingerprint density at radius 1 is 1.29 bits per heavy atom. The van der Waals surface area contributed by atoms with Crippen molar-refractivity contribution in [2.75, 3.05) is 38.4 Å². The summed E-state index contributed by atoms with van der Waals surface area (Å²) in [5, 5.41) is 0. The highest BCUT2D eigenvalue weighted by atomic mass is 19.1. The van der Waals surface area contributed by atoms with Gasteiger partial charge < -0.3 is 14.4 Å². The second-order valence-electron chi connectivity index (χ2n) is 8.43. The summed E-state index contributed by atoms with van der Waals surface area (Å²) < 4.78 is 24.4. The van der Waals surface area contributed by atoms with Gasteiger partial charge in [0.25, 0.3) is 0 Å². The van der Waals surface area contributed by atoms with Gasteiger partial charge >= 0.3 is 0 Å². The number of anilines is 1. The molecule has 4 unspecified atom stereocenters. The number of fused-ring (bicyclic) bond motifs is 1.